The largest absolute Gasteiger partial charge is 0.507 e. The summed E-state index contributed by atoms with van der Waals surface area (Å²) in [7, 11) is 0. The summed E-state index contributed by atoms with van der Waals surface area (Å²) in [6, 6.07) is 20.0. The molecular weight excluding hydrogens is 468 g/mol. The fourth-order valence-corrected chi connectivity index (χ4v) is 4.92. The van der Waals surface area contributed by atoms with Crippen LogP contribution >= 0.6 is 0 Å². The second-order valence-corrected chi connectivity index (χ2v) is 10.2. The maximum atomic E-state index is 13.0. The Morgan fingerprint density at radius 1 is 0.684 bits per heavy atom. The van der Waals surface area contributed by atoms with E-state index in [1.54, 1.807) is 18.2 Å². The molecule has 3 aromatic rings. The summed E-state index contributed by atoms with van der Waals surface area (Å²) in [5.41, 5.74) is 6.50. The summed E-state index contributed by atoms with van der Waals surface area (Å²) >= 11 is 0. The standard InChI is InChI=1S/C34H40N2O2/c1-3-5-7-9-11-25-13-17-27(18-14-25)35-29-21-23-32(38)34-30(22-24-31(37)33(29)34)36-28-19-15-26(16-20-28)12-10-8-6-4-2/h13-24,35,38H,3-12H2,1-2H3. The number of phenolic OH excluding ortho intramolecular Hbond substituents is 1. The lowest BCUT2D eigenvalue weighted by molar-refractivity contribution is 0.104. The predicted molar refractivity (Wildman–Crippen MR) is 160 cm³/mol. The van der Waals surface area contributed by atoms with E-state index in [-0.39, 0.29) is 11.5 Å². The monoisotopic (exact) mass is 508 g/mol. The Labute approximate surface area is 227 Å². The number of unbranched alkanes of at least 4 members (excludes halogenated alkanes) is 6. The molecule has 3 aromatic carbocycles. The number of carbonyl (C=O) groups excluding carboxylic acids is 1. The fourth-order valence-electron chi connectivity index (χ4n) is 4.92. The van der Waals surface area contributed by atoms with Gasteiger partial charge in [0.25, 0.3) is 0 Å². The molecule has 0 aromatic heterocycles. The van der Waals surface area contributed by atoms with Crippen LogP contribution in [-0.2, 0) is 12.8 Å². The quantitative estimate of drug-likeness (QED) is 0.179. The van der Waals surface area contributed by atoms with Gasteiger partial charge in [-0.3, -0.25) is 4.79 Å². The van der Waals surface area contributed by atoms with E-state index < -0.39 is 0 Å². The number of aliphatic imine (C=N–C) groups is 1. The molecule has 1 aliphatic carbocycles. The topological polar surface area (TPSA) is 61.7 Å². The lowest BCUT2D eigenvalue weighted by Gasteiger charge is -2.19. The zero-order valence-corrected chi connectivity index (χ0v) is 22.8. The number of benzene rings is 3. The summed E-state index contributed by atoms with van der Waals surface area (Å²) in [4.78, 5) is 17.8. The zero-order valence-electron chi connectivity index (χ0n) is 22.8. The normalized spacial score (nSPS) is 13.6. The maximum Gasteiger partial charge on any atom is 0.188 e. The number of aromatic hydroxyl groups is 1. The van der Waals surface area contributed by atoms with Gasteiger partial charge in [0.15, 0.2) is 5.78 Å². The summed E-state index contributed by atoms with van der Waals surface area (Å²) in [5.74, 6) is -0.0932. The van der Waals surface area contributed by atoms with Gasteiger partial charge in [-0.2, -0.15) is 0 Å². The second-order valence-electron chi connectivity index (χ2n) is 10.2. The van der Waals surface area contributed by atoms with Crippen molar-refractivity contribution in [3.63, 3.8) is 0 Å². The van der Waals surface area contributed by atoms with Crippen LogP contribution in [0.4, 0.5) is 17.1 Å². The minimum Gasteiger partial charge on any atom is -0.507 e. The number of phenols is 1. The molecule has 4 nitrogen and oxygen atoms in total. The smallest absolute Gasteiger partial charge is 0.188 e. The minimum atomic E-state index is -0.146. The fraction of sp³-hybridized carbons (Fsp3) is 0.353. The van der Waals surface area contributed by atoms with Crippen molar-refractivity contribution in [2.24, 2.45) is 4.99 Å². The lowest BCUT2D eigenvalue weighted by atomic mass is 9.91. The number of hydrogen-bond donors (Lipinski definition) is 2. The van der Waals surface area contributed by atoms with E-state index in [1.165, 1.54) is 68.6 Å². The van der Waals surface area contributed by atoms with Gasteiger partial charge in [-0.05, 0) is 85.4 Å². The third-order valence-corrected chi connectivity index (χ3v) is 7.14. The molecule has 0 fully saturated rings. The Bertz CT molecular complexity index is 1270. The number of anilines is 2. The first-order chi connectivity index (χ1) is 18.6. The zero-order chi connectivity index (χ0) is 26.7. The van der Waals surface area contributed by atoms with E-state index in [9.17, 15) is 9.90 Å². The van der Waals surface area contributed by atoms with E-state index in [1.807, 2.05) is 12.1 Å². The molecule has 0 saturated heterocycles. The lowest BCUT2D eigenvalue weighted by Crippen LogP contribution is -2.15. The number of fused-ring (bicyclic) bond motifs is 1. The molecule has 0 unspecified atom stereocenters. The van der Waals surface area contributed by atoms with Crippen LogP contribution < -0.4 is 5.32 Å². The van der Waals surface area contributed by atoms with Crippen LogP contribution in [0.3, 0.4) is 0 Å². The summed E-state index contributed by atoms with van der Waals surface area (Å²) in [6.45, 7) is 4.45. The van der Waals surface area contributed by atoms with Gasteiger partial charge in [0.05, 0.1) is 28.2 Å². The second kappa shape index (κ2) is 13.8. The molecule has 4 heteroatoms. The first-order valence-corrected chi connectivity index (χ1v) is 14.2. The Morgan fingerprint density at radius 2 is 1.29 bits per heavy atom. The average Bonchev–Trinajstić information content (AvgIpc) is 2.93. The van der Waals surface area contributed by atoms with Gasteiger partial charge in [0.1, 0.15) is 5.75 Å². The Morgan fingerprint density at radius 3 is 1.89 bits per heavy atom. The van der Waals surface area contributed by atoms with Gasteiger partial charge < -0.3 is 10.4 Å². The van der Waals surface area contributed by atoms with Crippen LogP contribution in [-0.4, -0.2) is 16.6 Å². The predicted octanol–water partition coefficient (Wildman–Crippen LogP) is 9.25. The molecule has 0 amide bonds. The van der Waals surface area contributed by atoms with Crippen LogP contribution in [0, 0.1) is 0 Å². The molecule has 0 saturated carbocycles. The summed E-state index contributed by atoms with van der Waals surface area (Å²) in [6.07, 6.45) is 15.4. The molecule has 0 aliphatic heterocycles. The molecule has 2 N–H and O–H groups in total. The number of allylic oxidation sites excluding steroid dienone is 2. The van der Waals surface area contributed by atoms with Crippen molar-refractivity contribution in [3.05, 3.63) is 95.1 Å². The third kappa shape index (κ3) is 7.22. The van der Waals surface area contributed by atoms with Crippen molar-refractivity contribution < 1.29 is 9.90 Å². The van der Waals surface area contributed by atoms with E-state index in [0.29, 0.717) is 22.5 Å². The Kier molecular flexibility index (Phi) is 9.91. The average molecular weight is 509 g/mol. The van der Waals surface area contributed by atoms with Crippen LogP contribution in [0.25, 0.3) is 0 Å². The van der Waals surface area contributed by atoms with Crippen LogP contribution in [0.2, 0.25) is 0 Å². The number of aryl methyl sites for hydroxylation is 2. The number of hydrogen-bond acceptors (Lipinski definition) is 4. The number of carbonyl (C=O) groups is 1. The van der Waals surface area contributed by atoms with Crippen LogP contribution in [0.1, 0.15) is 92.3 Å². The van der Waals surface area contributed by atoms with Gasteiger partial charge in [-0.25, -0.2) is 4.99 Å². The van der Waals surface area contributed by atoms with Crippen LogP contribution in [0.15, 0.2) is 77.8 Å². The number of nitrogens with zero attached hydrogens (tertiary/aromatic N) is 1. The molecule has 38 heavy (non-hydrogen) atoms. The summed E-state index contributed by atoms with van der Waals surface area (Å²) < 4.78 is 0. The Hall–Kier alpha value is -3.66. The van der Waals surface area contributed by atoms with Crippen molar-refractivity contribution in [2.45, 2.75) is 78.1 Å². The van der Waals surface area contributed by atoms with Gasteiger partial charge >= 0.3 is 0 Å². The van der Waals surface area contributed by atoms with Crippen LogP contribution in [0.5, 0.6) is 5.75 Å². The highest BCUT2D eigenvalue weighted by molar-refractivity contribution is 6.27. The van der Waals surface area contributed by atoms with Gasteiger partial charge in [0, 0.05) is 5.69 Å². The van der Waals surface area contributed by atoms with Crippen molar-refractivity contribution in [1.29, 1.82) is 0 Å². The van der Waals surface area contributed by atoms with E-state index >= 15 is 0 Å². The Balaban J connectivity index is 1.52. The first kappa shape index (κ1) is 27.4. The molecule has 0 bridgehead atoms. The first-order valence-electron chi connectivity index (χ1n) is 14.2. The van der Waals surface area contributed by atoms with Gasteiger partial charge in [-0.15, -0.1) is 0 Å². The highest BCUT2D eigenvalue weighted by Crippen LogP contribution is 2.35. The third-order valence-electron chi connectivity index (χ3n) is 7.14. The molecule has 0 atom stereocenters. The molecular formula is C34H40N2O2. The molecule has 0 spiro atoms. The molecule has 0 heterocycles. The van der Waals surface area contributed by atoms with E-state index in [4.69, 9.17) is 4.99 Å². The number of nitrogens with one attached hydrogen (secondary N) is 1. The summed E-state index contributed by atoms with van der Waals surface area (Å²) in [5, 5.41) is 14.2. The SMILES string of the molecule is CCCCCCc1ccc(N=C2C=CC(=O)c3c(Nc4ccc(CCCCCC)cc4)ccc(O)c32)cc1. The van der Waals surface area contributed by atoms with Gasteiger partial charge in [-0.1, -0.05) is 76.6 Å². The molecule has 0 radical (unpaired) electrons. The highest BCUT2D eigenvalue weighted by Gasteiger charge is 2.25. The molecule has 198 valence electrons. The van der Waals surface area contributed by atoms with Crippen molar-refractivity contribution >= 4 is 28.6 Å². The van der Waals surface area contributed by atoms with Crippen molar-refractivity contribution in [1.82, 2.24) is 0 Å². The maximum absolute atomic E-state index is 13.0. The highest BCUT2D eigenvalue weighted by atomic mass is 16.3. The van der Waals surface area contributed by atoms with E-state index in [0.717, 1.165) is 24.2 Å². The van der Waals surface area contributed by atoms with Gasteiger partial charge in [0.2, 0.25) is 0 Å². The van der Waals surface area contributed by atoms with E-state index in [2.05, 4.69) is 55.6 Å². The molecule has 1 aliphatic rings. The number of ketones is 1. The van der Waals surface area contributed by atoms with Crippen molar-refractivity contribution in [2.75, 3.05) is 5.32 Å². The molecule has 4 rings (SSSR count). The van der Waals surface area contributed by atoms with Crippen molar-refractivity contribution in [3.8, 4) is 5.75 Å². The number of rotatable bonds is 13. The minimum absolute atomic E-state index is 0.0528.